The van der Waals surface area contributed by atoms with E-state index in [1.54, 1.807) is 0 Å². The van der Waals surface area contributed by atoms with E-state index in [-0.39, 0.29) is 47.4 Å². The highest BCUT2D eigenvalue weighted by Gasteiger charge is 2.31. The van der Waals surface area contributed by atoms with Gasteiger partial charge >= 0.3 is 6.36 Å². The first-order valence-electron chi connectivity index (χ1n) is 8.81. The van der Waals surface area contributed by atoms with Gasteiger partial charge in [-0.3, -0.25) is 14.9 Å². The predicted molar refractivity (Wildman–Crippen MR) is 99.3 cm³/mol. The zero-order valence-corrected chi connectivity index (χ0v) is 16.1. The quantitative estimate of drug-likeness (QED) is 0.606. The molecular formula is C18H16ClF3N4O4. The van der Waals surface area contributed by atoms with Crippen LogP contribution in [0.1, 0.15) is 23.3 Å². The van der Waals surface area contributed by atoms with Gasteiger partial charge in [-0.25, -0.2) is 9.97 Å². The highest BCUT2D eigenvalue weighted by atomic mass is 35.5. The average molecular weight is 445 g/mol. The number of nitrogens with zero attached hydrogens (tertiary/aromatic N) is 2. The number of hydrogen-bond acceptors (Lipinski definition) is 6. The lowest BCUT2D eigenvalue weighted by Crippen LogP contribution is -2.29. The molecule has 1 aliphatic carbocycles. The van der Waals surface area contributed by atoms with Crippen LogP contribution in [0.3, 0.4) is 0 Å². The Morgan fingerprint density at radius 2 is 2.00 bits per heavy atom. The summed E-state index contributed by atoms with van der Waals surface area (Å²) in [7, 11) is 0. The van der Waals surface area contributed by atoms with E-state index in [4.69, 9.17) is 16.3 Å². The molecule has 0 spiro atoms. The molecule has 1 heterocycles. The summed E-state index contributed by atoms with van der Waals surface area (Å²) >= 11 is 5.87. The van der Waals surface area contributed by atoms with Crippen LogP contribution in [0.15, 0.2) is 30.5 Å². The molecule has 2 aromatic rings. The molecule has 1 aliphatic rings. The maximum absolute atomic E-state index is 12.2. The number of hydrogen-bond donors (Lipinski definition) is 2. The fourth-order valence-corrected chi connectivity index (χ4v) is 2.54. The van der Waals surface area contributed by atoms with Crippen molar-refractivity contribution in [2.24, 2.45) is 5.92 Å². The van der Waals surface area contributed by atoms with Gasteiger partial charge in [0.2, 0.25) is 11.9 Å². The summed E-state index contributed by atoms with van der Waals surface area (Å²) in [5.41, 5.74) is 0.0581. The van der Waals surface area contributed by atoms with Crippen LogP contribution in [0.2, 0.25) is 5.02 Å². The minimum Gasteiger partial charge on any atom is -0.490 e. The second-order valence-electron chi connectivity index (χ2n) is 6.27. The van der Waals surface area contributed by atoms with Gasteiger partial charge < -0.3 is 14.8 Å². The molecular weight excluding hydrogens is 429 g/mol. The Labute approximate surface area is 173 Å². The van der Waals surface area contributed by atoms with Crippen molar-refractivity contribution in [1.29, 1.82) is 0 Å². The van der Waals surface area contributed by atoms with Gasteiger partial charge in [0, 0.05) is 18.2 Å². The van der Waals surface area contributed by atoms with E-state index >= 15 is 0 Å². The monoisotopic (exact) mass is 444 g/mol. The lowest BCUT2D eigenvalue weighted by atomic mass is 10.3. The second-order valence-corrected chi connectivity index (χ2v) is 6.68. The average Bonchev–Trinajstić information content (AvgIpc) is 3.51. The summed E-state index contributed by atoms with van der Waals surface area (Å²) in [5.74, 6) is -1.01. The normalized spacial score (nSPS) is 13.5. The number of anilines is 1. The van der Waals surface area contributed by atoms with Gasteiger partial charge in [0.15, 0.2) is 0 Å². The van der Waals surface area contributed by atoms with E-state index < -0.39 is 18.0 Å². The molecule has 2 N–H and O–H groups in total. The smallest absolute Gasteiger partial charge is 0.490 e. The number of nitrogens with one attached hydrogen (secondary N) is 2. The van der Waals surface area contributed by atoms with Crippen LogP contribution in [-0.4, -0.2) is 41.3 Å². The summed E-state index contributed by atoms with van der Waals surface area (Å²) in [6.45, 7) is 0.0744. The molecule has 0 unspecified atom stereocenters. The molecule has 3 rings (SSSR count). The highest BCUT2D eigenvalue weighted by Crippen LogP contribution is 2.31. The van der Waals surface area contributed by atoms with E-state index in [2.05, 4.69) is 25.3 Å². The van der Waals surface area contributed by atoms with E-state index in [0.29, 0.717) is 0 Å². The van der Waals surface area contributed by atoms with Gasteiger partial charge in [0.1, 0.15) is 23.8 Å². The SMILES string of the molecule is O=C(NCCOc1ccc(OC(F)(F)F)cc1Cl)c1ccnc(NC(=O)C2CC2)n1. The Bertz CT molecular complexity index is 938. The fourth-order valence-electron chi connectivity index (χ4n) is 2.32. The van der Waals surface area contributed by atoms with E-state index in [9.17, 15) is 22.8 Å². The molecule has 0 atom stereocenters. The molecule has 1 aromatic carbocycles. The third-order valence-corrected chi connectivity index (χ3v) is 4.15. The van der Waals surface area contributed by atoms with Crippen molar-refractivity contribution >= 4 is 29.4 Å². The van der Waals surface area contributed by atoms with Gasteiger partial charge in [0.05, 0.1) is 11.6 Å². The largest absolute Gasteiger partial charge is 0.573 e. The lowest BCUT2D eigenvalue weighted by Gasteiger charge is -2.12. The summed E-state index contributed by atoms with van der Waals surface area (Å²) < 4.78 is 45.7. The van der Waals surface area contributed by atoms with Gasteiger partial charge in [-0.1, -0.05) is 11.6 Å². The third kappa shape index (κ3) is 6.48. The van der Waals surface area contributed by atoms with Crippen molar-refractivity contribution in [1.82, 2.24) is 15.3 Å². The van der Waals surface area contributed by atoms with Crippen LogP contribution in [-0.2, 0) is 4.79 Å². The fraction of sp³-hybridized carbons (Fsp3) is 0.333. The molecule has 30 heavy (non-hydrogen) atoms. The number of rotatable bonds is 8. The van der Waals surface area contributed by atoms with Crippen molar-refractivity contribution in [3.63, 3.8) is 0 Å². The Morgan fingerprint density at radius 3 is 2.67 bits per heavy atom. The van der Waals surface area contributed by atoms with Crippen LogP contribution < -0.4 is 20.1 Å². The molecule has 12 heteroatoms. The maximum Gasteiger partial charge on any atom is 0.573 e. The van der Waals surface area contributed by atoms with Crippen molar-refractivity contribution < 1.29 is 32.2 Å². The van der Waals surface area contributed by atoms with Crippen molar-refractivity contribution in [3.8, 4) is 11.5 Å². The van der Waals surface area contributed by atoms with E-state index in [1.165, 1.54) is 18.3 Å². The van der Waals surface area contributed by atoms with Crippen LogP contribution >= 0.6 is 11.6 Å². The zero-order valence-electron chi connectivity index (χ0n) is 15.3. The first-order valence-corrected chi connectivity index (χ1v) is 9.19. The van der Waals surface area contributed by atoms with Crippen LogP contribution in [0.4, 0.5) is 19.1 Å². The van der Waals surface area contributed by atoms with Crippen LogP contribution in [0.5, 0.6) is 11.5 Å². The molecule has 0 aliphatic heterocycles. The molecule has 0 radical (unpaired) electrons. The summed E-state index contributed by atoms with van der Waals surface area (Å²) in [4.78, 5) is 31.8. The molecule has 8 nitrogen and oxygen atoms in total. The molecule has 1 aromatic heterocycles. The molecule has 160 valence electrons. The second kappa shape index (κ2) is 9.16. The van der Waals surface area contributed by atoms with Crippen molar-refractivity contribution in [2.45, 2.75) is 19.2 Å². The first kappa shape index (κ1) is 21.6. The first-order chi connectivity index (χ1) is 14.2. The minimum absolute atomic E-state index is 0.00128. The Balaban J connectivity index is 1.46. The summed E-state index contributed by atoms with van der Waals surface area (Å²) in [6, 6.07) is 4.65. The Kier molecular flexibility index (Phi) is 6.60. The standard InChI is InChI=1S/C18H16ClF3N4O4/c19-12-9-11(30-18(20,21)22)3-4-14(12)29-8-7-23-16(28)13-5-6-24-17(25-13)26-15(27)10-1-2-10/h3-6,9-10H,1-2,7-8H2,(H,23,28)(H,24,25,26,27). The van der Waals surface area contributed by atoms with Gasteiger partial charge in [-0.2, -0.15) is 0 Å². The van der Waals surface area contributed by atoms with Crippen molar-refractivity contribution in [2.75, 3.05) is 18.5 Å². The number of alkyl halides is 3. The number of benzene rings is 1. The zero-order chi connectivity index (χ0) is 21.7. The van der Waals surface area contributed by atoms with Gasteiger partial charge in [0.25, 0.3) is 5.91 Å². The molecule has 0 bridgehead atoms. The molecule has 0 saturated heterocycles. The summed E-state index contributed by atoms with van der Waals surface area (Å²) in [6.07, 6.45) is -1.81. The topological polar surface area (TPSA) is 102 Å². The Morgan fingerprint density at radius 1 is 1.23 bits per heavy atom. The number of aromatic nitrogens is 2. The van der Waals surface area contributed by atoms with Gasteiger partial charge in [-0.15, -0.1) is 13.2 Å². The van der Waals surface area contributed by atoms with E-state index in [1.807, 2.05) is 0 Å². The number of carbonyl (C=O) groups excluding carboxylic acids is 2. The lowest BCUT2D eigenvalue weighted by molar-refractivity contribution is -0.274. The highest BCUT2D eigenvalue weighted by molar-refractivity contribution is 6.32. The van der Waals surface area contributed by atoms with Gasteiger partial charge in [-0.05, 0) is 31.0 Å². The molecule has 1 fully saturated rings. The number of halogens is 4. The summed E-state index contributed by atoms with van der Waals surface area (Å²) in [5, 5.41) is 5.04. The van der Waals surface area contributed by atoms with E-state index in [0.717, 1.165) is 25.0 Å². The predicted octanol–water partition coefficient (Wildman–Crippen LogP) is 3.19. The number of ether oxygens (including phenoxy) is 2. The van der Waals surface area contributed by atoms with Crippen LogP contribution in [0, 0.1) is 5.92 Å². The third-order valence-electron chi connectivity index (χ3n) is 3.85. The number of carbonyl (C=O) groups is 2. The maximum atomic E-state index is 12.2. The minimum atomic E-state index is -4.82. The number of amides is 2. The van der Waals surface area contributed by atoms with Crippen molar-refractivity contribution in [3.05, 3.63) is 41.2 Å². The Hall–Kier alpha value is -3.08. The molecule has 1 saturated carbocycles. The molecule has 2 amide bonds. The van der Waals surface area contributed by atoms with Crippen LogP contribution in [0.25, 0.3) is 0 Å².